The van der Waals surface area contributed by atoms with Gasteiger partial charge < -0.3 is 94.4 Å². The number of hydrogen-bond acceptors (Lipinski definition) is 18. The van der Waals surface area contributed by atoms with Crippen LogP contribution in [-0.2, 0) is 76.7 Å². The molecule has 0 aliphatic rings. The normalized spacial score (nSPS) is 13.9. The molecule has 0 aliphatic heterocycles. The van der Waals surface area contributed by atoms with E-state index in [0.29, 0.717) is 0 Å². The van der Waals surface area contributed by atoms with Gasteiger partial charge in [0.15, 0.2) is 0 Å². The molecule has 34 nitrogen and oxygen atoms in total. The van der Waals surface area contributed by atoms with E-state index in [1.165, 1.54) is 0 Å². The maximum absolute atomic E-state index is 13.4. The lowest BCUT2D eigenvalue weighted by Gasteiger charge is -2.25. The first-order valence-corrected chi connectivity index (χ1v) is 21.0. The van der Waals surface area contributed by atoms with Gasteiger partial charge in [-0.25, -0.2) is 4.79 Å². The van der Waals surface area contributed by atoms with Gasteiger partial charge in [0.05, 0.1) is 32.5 Å². The number of aliphatic carboxylic acids is 7. The van der Waals surface area contributed by atoms with Crippen LogP contribution in [0.4, 0.5) is 0 Å². The minimum absolute atomic E-state index is 0.615. The maximum Gasteiger partial charge on any atom is 0.326 e. The van der Waals surface area contributed by atoms with Crippen molar-refractivity contribution in [3.8, 4) is 0 Å². The monoisotopic (exact) mass is 1040 g/mol. The van der Waals surface area contributed by atoms with Crippen molar-refractivity contribution in [2.24, 2.45) is 5.73 Å². The van der Waals surface area contributed by atoms with Crippen LogP contribution >= 0.6 is 0 Å². The van der Waals surface area contributed by atoms with Crippen LogP contribution in [0.25, 0.3) is 0 Å². The van der Waals surface area contributed by atoms with E-state index in [2.05, 4.69) is 5.32 Å². The third kappa shape index (κ3) is 26.8. The van der Waals surface area contributed by atoms with Crippen molar-refractivity contribution in [1.82, 2.24) is 47.9 Å². The molecule has 0 bridgehead atoms. The molecule has 0 aliphatic carbocycles. The first-order valence-electron chi connectivity index (χ1n) is 21.0. The third-order valence-electron chi connectivity index (χ3n) is 9.29. The Bertz CT molecular complexity index is 2070. The van der Waals surface area contributed by atoms with E-state index in [0.717, 1.165) is 6.92 Å². The fourth-order valence-electron chi connectivity index (χ4n) is 5.56. The maximum atomic E-state index is 13.4. The summed E-state index contributed by atoms with van der Waals surface area (Å²) in [5, 5.41) is 91.6. The minimum Gasteiger partial charge on any atom is -0.481 e. The van der Waals surface area contributed by atoms with E-state index >= 15 is 0 Å². The number of nitrogens with two attached hydrogens (primary N) is 1. The van der Waals surface area contributed by atoms with Gasteiger partial charge in [0, 0.05) is 25.7 Å². The molecule has 0 unspecified atom stereocenters. The van der Waals surface area contributed by atoms with E-state index in [-0.39, 0.29) is 0 Å². The summed E-state index contributed by atoms with van der Waals surface area (Å²) >= 11 is 0. The molecule has 0 saturated heterocycles. The highest BCUT2D eigenvalue weighted by Gasteiger charge is 2.34. The van der Waals surface area contributed by atoms with E-state index in [1.807, 2.05) is 42.5 Å². The zero-order chi connectivity index (χ0) is 55.4. The summed E-state index contributed by atoms with van der Waals surface area (Å²) in [4.78, 5) is 196. The molecule has 34 heteroatoms. The first-order chi connectivity index (χ1) is 33.5. The lowest BCUT2D eigenvalue weighted by Crippen LogP contribution is -2.58. The number of carbonyl (C=O) groups excluding carboxylic acids is 9. The number of aliphatic hydroxyl groups is 1. The van der Waals surface area contributed by atoms with Crippen LogP contribution in [0.5, 0.6) is 0 Å². The highest BCUT2D eigenvalue weighted by atomic mass is 16.4. The zero-order valence-corrected chi connectivity index (χ0v) is 38.0. The largest absolute Gasteiger partial charge is 0.481 e. The summed E-state index contributed by atoms with van der Waals surface area (Å²) in [6.07, 6.45) is -8.37. The van der Waals surface area contributed by atoms with Crippen LogP contribution in [0.3, 0.4) is 0 Å². The van der Waals surface area contributed by atoms with Crippen molar-refractivity contribution in [3.05, 3.63) is 0 Å². The third-order valence-corrected chi connectivity index (χ3v) is 9.29. The van der Waals surface area contributed by atoms with E-state index < -0.39 is 227 Å². The Balaban J connectivity index is 6.18. The van der Waals surface area contributed by atoms with E-state index in [1.54, 1.807) is 0 Å². The van der Waals surface area contributed by atoms with Gasteiger partial charge in [0.25, 0.3) is 0 Å². The molecule has 0 radical (unpaired) electrons. The zero-order valence-electron chi connectivity index (χ0n) is 38.0. The number of carboxylic acids is 7. The molecule has 72 heavy (non-hydrogen) atoms. The van der Waals surface area contributed by atoms with E-state index in [4.69, 9.17) is 21.1 Å². The molecular formula is C38H56N10O24. The number of nitrogens with one attached hydrogen (secondary N) is 9. The quantitative estimate of drug-likeness (QED) is 0.0277. The molecule has 0 heterocycles. The Morgan fingerprint density at radius 1 is 0.375 bits per heavy atom. The predicted molar refractivity (Wildman–Crippen MR) is 230 cm³/mol. The Hall–Kier alpha value is -8.56. The summed E-state index contributed by atoms with van der Waals surface area (Å²) < 4.78 is 0. The molecule has 0 aromatic rings. The molecule has 0 rings (SSSR count). The van der Waals surface area contributed by atoms with Crippen LogP contribution in [0.1, 0.15) is 71.1 Å². The molecule has 19 N–H and O–H groups in total. The number of carboxylic acid groups (broad SMARTS) is 7. The molecule has 9 amide bonds. The number of carbonyl (C=O) groups is 16. The van der Waals surface area contributed by atoms with Crippen molar-refractivity contribution >= 4 is 94.9 Å². The van der Waals surface area contributed by atoms with Crippen LogP contribution in [-0.4, -0.2) is 204 Å². The van der Waals surface area contributed by atoms with Crippen LogP contribution < -0.4 is 53.6 Å². The number of rotatable bonds is 36. The lowest BCUT2D eigenvalue weighted by molar-refractivity contribution is -0.144. The molecule has 0 saturated carbocycles. The second kappa shape index (κ2) is 32.3. The summed E-state index contributed by atoms with van der Waals surface area (Å²) in [6.45, 7) is -1.87. The summed E-state index contributed by atoms with van der Waals surface area (Å²) in [5.74, 6) is -22.5. The standard InChI is InChI=1S/C38H56N10O24/c1-15(42-32(65)16(39)14-49)31(64)47-21(10-29(60)61)34(67)41-13-24(51)44-19(4-8-27(56)57)36(69)48-22(11-30(62)63)37(70)45-17(2-6-25(52)53)33(66)40-12-23(50)43-18(3-7-26(54)55)35(68)46-20(38(71)72)5-9-28(58)59/h15-22,49H,2-14,39H2,1H3,(H,40,66)(H,41,67)(H,42,65)(H,43,50)(H,44,51)(H,45,70)(H,46,68)(H,47,64)(H,48,69)(H,52,53)(H,54,55)(H,56,57)(H,58,59)(H,60,61)(H,62,63)(H,71,72)/t15-,16-,17-,18-,19-,20-,21-,22-/m0/s1. The molecule has 0 aromatic carbocycles. The van der Waals surface area contributed by atoms with Crippen molar-refractivity contribution in [1.29, 1.82) is 0 Å². The second-order valence-corrected chi connectivity index (χ2v) is 15.2. The fraction of sp³-hybridized carbons (Fsp3) is 0.579. The molecule has 402 valence electrons. The highest BCUT2D eigenvalue weighted by Crippen LogP contribution is 2.07. The van der Waals surface area contributed by atoms with Crippen molar-refractivity contribution < 1.29 is 118 Å². The SMILES string of the molecule is C[C@H](NC(=O)[C@@H](N)CO)C(=O)N[C@@H](CC(=O)O)C(=O)NCC(=O)N[C@@H](CCC(=O)O)C(=O)N[C@@H](CC(=O)O)C(=O)N[C@@H](CCC(=O)O)C(=O)NCC(=O)N[C@@H](CCC(=O)O)C(=O)N[C@@H](CCC(=O)O)C(=O)O. The first kappa shape index (κ1) is 63.4. The average Bonchev–Trinajstić information content (AvgIpc) is 3.28. The van der Waals surface area contributed by atoms with Gasteiger partial charge in [-0.15, -0.1) is 0 Å². The van der Waals surface area contributed by atoms with Gasteiger partial charge in [-0.2, -0.15) is 0 Å². The predicted octanol–water partition coefficient (Wildman–Crippen LogP) is -8.55. The smallest absolute Gasteiger partial charge is 0.326 e. The van der Waals surface area contributed by atoms with Crippen molar-refractivity contribution in [2.75, 3.05) is 19.7 Å². The van der Waals surface area contributed by atoms with Crippen LogP contribution in [0, 0.1) is 0 Å². The van der Waals surface area contributed by atoms with Crippen molar-refractivity contribution in [3.63, 3.8) is 0 Å². The minimum atomic E-state index is -2.19. The van der Waals surface area contributed by atoms with Gasteiger partial charge in [-0.3, -0.25) is 71.9 Å². The summed E-state index contributed by atoms with van der Waals surface area (Å²) in [5.41, 5.74) is 5.36. The fourth-order valence-corrected chi connectivity index (χ4v) is 5.56. The Morgan fingerprint density at radius 2 is 0.681 bits per heavy atom. The molecular weight excluding hydrogens is 980 g/mol. The Morgan fingerprint density at radius 3 is 1.04 bits per heavy atom. The highest BCUT2D eigenvalue weighted by molar-refractivity contribution is 5.99. The molecule has 0 fully saturated rings. The van der Waals surface area contributed by atoms with Gasteiger partial charge in [0.2, 0.25) is 53.2 Å². The van der Waals surface area contributed by atoms with Gasteiger partial charge in [-0.05, 0) is 32.6 Å². The Kier molecular flexibility index (Phi) is 28.4. The number of hydrogen-bond donors (Lipinski definition) is 18. The molecule has 8 atom stereocenters. The average molecular weight is 1040 g/mol. The van der Waals surface area contributed by atoms with Crippen LogP contribution in [0.15, 0.2) is 0 Å². The van der Waals surface area contributed by atoms with Crippen LogP contribution in [0.2, 0.25) is 0 Å². The molecule has 0 aromatic heterocycles. The number of amides is 9. The van der Waals surface area contributed by atoms with Gasteiger partial charge in [0.1, 0.15) is 48.3 Å². The Labute approximate surface area is 404 Å². The lowest BCUT2D eigenvalue weighted by atomic mass is 10.1. The van der Waals surface area contributed by atoms with Crippen molar-refractivity contribution in [2.45, 2.75) is 119 Å². The topological polar surface area (TPSA) is 569 Å². The van der Waals surface area contributed by atoms with E-state index in [9.17, 15) is 102 Å². The second-order valence-electron chi connectivity index (χ2n) is 15.2. The van der Waals surface area contributed by atoms with Gasteiger partial charge in [-0.1, -0.05) is 0 Å². The van der Waals surface area contributed by atoms with Gasteiger partial charge >= 0.3 is 41.8 Å². The molecule has 0 spiro atoms. The summed E-state index contributed by atoms with van der Waals surface area (Å²) in [7, 11) is 0. The number of aliphatic hydroxyl groups excluding tert-OH is 1. The summed E-state index contributed by atoms with van der Waals surface area (Å²) in [6, 6.07) is -14.4.